The van der Waals surface area contributed by atoms with Crippen molar-refractivity contribution in [2.75, 3.05) is 7.11 Å². The van der Waals surface area contributed by atoms with E-state index in [1.54, 1.807) is 23.3 Å². The monoisotopic (exact) mass is 409 g/mol. The van der Waals surface area contributed by atoms with Gasteiger partial charge in [0.15, 0.2) is 0 Å². The second kappa shape index (κ2) is 12.1. The summed E-state index contributed by atoms with van der Waals surface area (Å²) in [5.41, 5.74) is 0.210. The average Bonchev–Trinajstić information content (AvgIpc) is 3.26. The van der Waals surface area contributed by atoms with Crippen LogP contribution in [0.15, 0.2) is 84.9 Å². The Morgan fingerprint density at radius 3 is 1.38 bits per heavy atom. The van der Waals surface area contributed by atoms with Gasteiger partial charge in [-0.3, -0.25) is 0 Å². The van der Waals surface area contributed by atoms with Crippen molar-refractivity contribution < 1.29 is 28.4 Å². The van der Waals surface area contributed by atoms with Crippen LogP contribution in [0.1, 0.15) is 0 Å². The average molecular weight is 411 g/mol. The molecule has 4 aromatic carbocycles. The largest absolute Gasteiger partial charge is 0.168 e. The minimum atomic E-state index is 0.210. The molecule has 0 aliphatic carbocycles. The molecule has 0 aliphatic rings. The van der Waals surface area contributed by atoms with Crippen molar-refractivity contribution in [2.45, 2.75) is 13.1 Å². The summed E-state index contributed by atoms with van der Waals surface area (Å²) < 4.78 is 0. The summed E-state index contributed by atoms with van der Waals surface area (Å²) in [5.74, 6) is 0. The van der Waals surface area contributed by atoms with Crippen LogP contribution >= 0.6 is 0 Å². The van der Waals surface area contributed by atoms with Crippen LogP contribution < -0.4 is 5.11 Å². The molecule has 3 heteroatoms. The molecule has 0 aromatic heterocycles. The molecule has 0 radical (unpaired) electrons. The van der Waals surface area contributed by atoms with Gasteiger partial charge in [0.2, 0.25) is 0 Å². The number of hydrogen-bond donors (Lipinski definition) is 0. The number of fused-ring (bicyclic) bond motifs is 2. The van der Waals surface area contributed by atoms with Gasteiger partial charge in [0.25, 0.3) is 0 Å². The summed E-state index contributed by atoms with van der Waals surface area (Å²) in [6.45, 7) is 4.62. The molecular formula is C21H23OSiZr-3. The minimum Gasteiger partial charge on any atom is -0.168 e. The fourth-order valence-corrected chi connectivity index (χ4v) is 2.14. The van der Waals surface area contributed by atoms with Gasteiger partial charge in [0.05, 0.1) is 0 Å². The first-order valence-corrected chi connectivity index (χ1v) is 14.0. The van der Waals surface area contributed by atoms with E-state index >= 15 is 0 Å². The maximum absolute atomic E-state index is 8.25. The number of benzene rings is 2. The Labute approximate surface area is 160 Å². The van der Waals surface area contributed by atoms with E-state index in [1.807, 2.05) is 0 Å². The van der Waals surface area contributed by atoms with Gasteiger partial charge < -0.3 is 5.11 Å². The maximum Gasteiger partial charge on any atom is -0.0809 e. The Morgan fingerprint density at radius 1 is 0.708 bits per heavy atom. The third-order valence-electron chi connectivity index (χ3n) is 3.10. The van der Waals surface area contributed by atoms with E-state index in [1.165, 1.54) is 21.5 Å². The van der Waals surface area contributed by atoms with E-state index in [0.717, 1.165) is 7.11 Å². The van der Waals surface area contributed by atoms with Crippen molar-refractivity contribution in [1.82, 2.24) is 0 Å². The molecule has 0 spiro atoms. The fraction of sp³-hybridized carbons (Fsp3) is 0.143. The van der Waals surface area contributed by atoms with Gasteiger partial charge in [-0.25, -0.2) is 0 Å². The van der Waals surface area contributed by atoms with Gasteiger partial charge in [-0.1, -0.05) is 12.1 Å². The zero-order chi connectivity index (χ0) is 17.8. The molecule has 0 bridgehead atoms. The Kier molecular flexibility index (Phi) is 10.5. The van der Waals surface area contributed by atoms with E-state index in [4.69, 9.17) is 5.11 Å². The van der Waals surface area contributed by atoms with Gasteiger partial charge in [-0.15, -0.1) is 59.3 Å². The third-order valence-corrected chi connectivity index (χ3v) is 3.10. The molecule has 0 atom stereocenters. The molecule has 0 amide bonds. The quantitative estimate of drug-likeness (QED) is 0.299. The summed E-state index contributed by atoms with van der Waals surface area (Å²) in [6, 6.07) is 29.3. The summed E-state index contributed by atoms with van der Waals surface area (Å²) >= 11 is 1.74. The molecule has 24 heavy (non-hydrogen) atoms. The first-order chi connectivity index (χ1) is 11.7. The van der Waals surface area contributed by atoms with E-state index in [9.17, 15) is 0 Å². The van der Waals surface area contributed by atoms with Gasteiger partial charge >= 0.3 is 41.9 Å². The van der Waals surface area contributed by atoms with E-state index < -0.39 is 0 Å². The summed E-state index contributed by atoms with van der Waals surface area (Å²) in [6.07, 6.45) is 0. The normalized spacial score (nSPS) is 8.96. The van der Waals surface area contributed by atoms with Crippen molar-refractivity contribution in [3.8, 4) is 0 Å². The first-order valence-electron chi connectivity index (χ1n) is 7.80. The standard InChI is InChI=1S/2C9H7.C2H6Si.CH3O.Zr/c2*1-2-5-9-7-3-6-8(9)4-1;1-3-2;1-2;/h2*1-7H;1-2H3;1H3;/q2*-1;;-1;. The topological polar surface area (TPSA) is 23.1 Å². The van der Waals surface area contributed by atoms with Crippen LogP contribution in [0, 0.1) is 0 Å². The molecule has 0 saturated heterocycles. The molecule has 0 saturated carbocycles. The zero-order valence-corrected chi connectivity index (χ0v) is 17.9. The Balaban J connectivity index is 0.000000183. The van der Waals surface area contributed by atoms with E-state index in [0.29, 0.717) is 0 Å². The molecule has 0 aliphatic heterocycles. The molecule has 4 aromatic rings. The van der Waals surface area contributed by atoms with Crippen LogP contribution in [0.3, 0.4) is 0 Å². The summed E-state index contributed by atoms with van der Waals surface area (Å²) in [7, 11) is 0.750. The fourth-order valence-electron chi connectivity index (χ4n) is 2.14. The Hall–Kier alpha value is -1.28. The summed E-state index contributed by atoms with van der Waals surface area (Å²) in [5, 5.41) is 13.6. The molecule has 1 nitrogen and oxygen atoms in total. The third kappa shape index (κ3) is 7.53. The van der Waals surface area contributed by atoms with Crippen LogP contribution in [-0.4, -0.2) is 12.5 Å². The molecule has 0 N–H and O–H groups in total. The van der Waals surface area contributed by atoms with Crippen molar-refractivity contribution in [3.63, 3.8) is 0 Å². The predicted octanol–water partition coefficient (Wildman–Crippen LogP) is 4.88. The SMILES string of the molecule is C[O-].C[Si](C)=[Zr].c1ccc2[cH-]ccc2c1.c1ccc2[cH-]ccc2c1. The smallest absolute Gasteiger partial charge is 0.0809 e. The van der Waals surface area contributed by atoms with E-state index in [-0.39, 0.29) is 5.43 Å². The molecule has 0 unspecified atom stereocenters. The van der Waals surface area contributed by atoms with Gasteiger partial charge in [0.1, 0.15) is 0 Å². The van der Waals surface area contributed by atoms with Crippen LogP contribution in [-0.2, 0) is 23.3 Å². The molecule has 124 valence electrons. The maximum atomic E-state index is 8.25. The number of hydrogen-bond acceptors (Lipinski definition) is 1. The molecular weight excluding hydrogens is 388 g/mol. The summed E-state index contributed by atoms with van der Waals surface area (Å²) in [4.78, 5) is 0. The minimum absolute atomic E-state index is 0.210. The van der Waals surface area contributed by atoms with Crippen LogP contribution in [0.4, 0.5) is 0 Å². The van der Waals surface area contributed by atoms with Crippen molar-refractivity contribution >= 4 is 27.0 Å². The van der Waals surface area contributed by atoms with Crippen LogP contribution in [0.5, 0.6) is 0 Å². The molecule has 0 heterocycles. The number of rotatable bonds is 0. The second-order valence-corrected chi connectivity index (χ2v) is 14.7. The first kappa shape index (κ1) is 20.8. The van der Waals surface area contributed by atoms with Gasteiger partial charge in [-0.2, -0.15) is 42.1 Å². The zero-order valence-electron chi connectivity index (χ0n) is 14.5. The van der Waals surface area contributed by atoms with Crippen molar-refractivity contribution in [1.29, 1.82) is 0 Å². The van der Waals surface area contributed by atoms with Gasteiger partial charge in [0, 0.05) is 0 Å². The van der Waals surface area contributed by atoms with Crippen molar-refractivity contribution in [2.24, 2.45) is 0 Å². The Bertz CT molecular complexity index is 714. The van der Waals surface area contributed by atoms with Gasteiger partial charge in [-0.05, 0) is 0 Å². The van der Waals surface area contributed by atoms with Crippen molar-refractivity contribution in [3.05, 3.63) is 84.9 Å². The Morgan fingerprint density at radius 2 is 1.04 bits per heavy atom. The van der Waals surface area contributed by atoms with Crippen LogP contribution in [0.2, 0.25) is 13.1 Å². The predicted molar refractivity (Wildman–Crippen MR) is 102 cm³/mol. The molecule has 4 rings (SSSR count). The second-order valence-electron chi connectivity index (χ2n) is 5.31. The van der Waals surface area contributed by atoms with E-state index in [2.05, 4.69) is 98.0 Å². The molecule has 0 fully saturated rings. The van der Waals surface area contributed by atoms with Crippen LogP contribution in [0.25, 0.3) is 21.5 Å².